The zero-order valence-electron chi connectivity index (χ0n) is 16.9. The van der Waals surface area contributed by atoms with Gasteiger partial charge in [0.15, 0.2) is 0 Å². The standard InChI is InChI=1S/C19H17F6N5OS/c1-4-32-14-7-13-11(29-17(30(13)3)19(23,24)25)5-9(14)16(31)28-10-6-15(18(20,21)22)27-8-12(10)26-2/h5-8,26H,4H2,1-3H3,(H,27,28,31). The van der Waals surface area contributed by atoms with Gasteiger partial charge in [0.05, 0.1) is 34.2 Å². The van der Waals surface area contributed by atoms with Gasteiger partial charge in [0, 0.05) is 19.0 Å². The summed E-state index contributed by atoms with van der Waals surface area (Å²) in [7, 11) is 2.66. The lowest BCUT2D eigenvalue weighted by Crippen LogP contribution is -2.16. The molecule has 2 aromatic heterocycles. The molecule has 0 spiro atoms. The Bertz CT molecular complexity index is 1170. The average molecular weight is 477 g/mol. The van der Waals surface area contributed by atoms with E-state index < -0.39 is 29.8 Å². The number of nitrogens with zero attached hydrogens (tertiary/aromatic N) is 3. The molecular formula is C19H17F6N5OS. The maximum Gasteiger partial charge on any atom is 0.449 e. The third-order valence-electron chi connectivity index (χ3n) is 4.49. The summed E-state index contributed by atoms with van der Waals surface area (Å²) >= 11 is 1.21. The van der Waals surface area contributed by atoms with Crippen LogP contribution in [0.3, 0.4) is 0 Å². The summed E-state index contributed by atoms with van der Waals surface area (Å²) < 4.78 is 79.7. The quantitative estimate of drug-likeness (QED) is 0.380. The molecule has 0 saturated heterocycles. The first-order valence-corrected chi connectivity index (χ1v) is 10.1. The van der Waals surface area contributed by atoms with E-state index >= 15 is 0 Å². The number of halogens is 6. The zero-order chi connectivity index (χ0) is 23.8. The molecule has 3 aromatic rings. The van der Waals surface area contributed by atoms with Gasteiger partial charge in [-0.25, -0.2) is 9.97 Å². The molecule has 2 N–H and O–H groups in total. The fourth-order valence-corrected chi connectivity index (χ4v) is 3.84. The molecule has 13 heteroatoms. The topological polar surface area (TPSA) is 71.8 Å². The van der Waals surface area contributed by atoms with Crippen LogP contribution in [0.2, 0.25) is 0 Å². The first-order chi connectivity index (χ1) is 14.9. The maximum absolute atomic E-state index is 13.2. The van der Waals surface area contributed by atoms with Gasteiger partial charge >= 0.3 is 12.4 Å². The number of alkyl halides is 6. The highest BCUT2D eigenvalue weighted by Crippen LogP contribution is 2.35. The monoisotopic (exact) mass is 477 g/mol. The highest BCUT2D eigenvalue weighted by Gasteiger charge is 2.37. The molecule has 6 nitrogen and oxygen atoms in total. The Hall–Kier alpha value is -2.96. The van der Waals surface area contributed by atoms with Crippen LogP contribution < -0.4 is 10.6 Å². The first-order valence-electron chi connectivity index (χ1n) is 9.13. The van der Waals surface area contributed by atoms with Gasteiger partial charge in [0.25, 0.3) is 5.91 Å². The molecule has 32 heavy (non-hydrogen) atoms. The van der Waals surface area contributed by atoms with Gasteiger partial charge in [-0.15, -0.1) is 11.8 Å². The summed E-state index contributed by atoms with van der Waals surface area (Å²) in [4.78, 5) is 20.2. The molecule has 0 aliphatic heterocycles. The number of aromatic nitrogens is 3. The lowest BCUT2D eigenvalue weighted by molar-refractivity contribution is -0.146. The van der Waals surface area contributed by atoms with E-state index in [0.29, 0.717) is 16.7 Å². The van der Waals surface area contributed by atoms with Crippen molar-refractivity contribution in [2.75, 3.05) is 23.4 Å². The smallest absolute Gasteiger partial charge is 0.385 e. The maximum atomic E-state index is 13.2. The van der Waals surface area contributed by atoms with E-state index in [2.05, 4.69) is 20.6 Å². The van der Waals surface area contributed by atoms with Crippen LogP contribution in [-0.2, 0) is 19.4 Å². The van der Waals surface area contributed by atoms with E-state index in [1.807, 2.05) is 0 Å². The number of nitrogens with one attached hydrogen (secondary N) is 2. The van der Waals surface area contributed by atoms with Crippen molar-refractivity contribution in [2.24, 2.45) is 7.05 Å². The van der Waals surface area contributed by atoms with Crippen molar-refractivity contribution in [3.05, 3.63) is 41.5 Å². The molecule has 172 valence electrons. The fraction of sp³-hybridized carbons (Fsp3) is 0.316. The van der Waals surface area contributed by atoms with Crippen molar-refractivity contribution < 1.29 is 31.1 Å². The third-order valence-corrected chi connectivity index (χ3v) is 5.43. The number of carbonyl (C=O) groups is 1. The van der Waals surface area contributed by atoms with Crippen molar-refractivity contribution in [3.8, 4) is 0 Å². The largest absolute Gasteiger partial charge is 0.449 e. The minimum absolute atomic E-state index is 0.0106. The third kappa shape index (κ3) is 4.61. The van der Waals surface area contributed by atoms with Crippen LogP contribution in [0.5, 0.6) is 0 Å². The molecule has 0 bridgehead atoms. The Morgan fingerprint density at radius 2 is 1.78 bits per heavy atom. The summed E-state index contributed by atoms with van der Waals surface area (Å²) in [5, 5.41) is 5.03. The number of carbonyl (C=O) groups excluding carboxylic acids is 1. The van der Waals surface area contributed by atoms with E-state index in [1.54, 1.807) is 6.92 Å². The summed E-state index contributed by atoms with van der Waals surface area (Å²) in [6.07, 6.45) is -8.49. The SMILES string of the molecule is CCSc1cc2c(cc1C(=O)Nc1cc(C(F)(F)F)ncc1NC)nc(C(F)(F)F)n2C. The van der Waals surface area contributed by atoms with Gasteiger partial charge in [0.2, 0.25) is 5.82 Å². The fourth-order valence-electron chi connectivity index (χ4n) is 3.03. The molecule has 2 heterocycles. The molecule has 0 aliphatic carbocycles. The van der Waals surface area contributed by atoms with Crippen LogP contribution in [0.4, 0.5) is 37.7 Å². The van der Waals surface area contributed by atoms with E-state index in [0.717, 1.165) is 10.8 Å². The number of rotatable bonds is 5. The summed E-state index contributed by atoms with van der Waals surface area (Å²) in [5.41, 5.74) is -1.15. The summed E-state index contributed by atoms with van der Waals surface area (Å²) in [6.45, 7) is 1.79. The molecule has 0 saturated carbocycles. The van der Waals surface area contributed by atoms with E-state index in [-0.39, 0.29) is 28.0 Å². The van der Waals surface area contributed by atoms with E-state index in [9.17, 15) is 31.1 Å². The summed E-state index contributed by atoms with van der Waals surface area (Å²) in [6, 6.07) is 3.29. The molecule has 1 amide bonds. The van der Waals surface area contributed by atoms with Gasteiger partial charge in [-0.1, -0.05) is 6.92 Å². The number of aryl methyl sites for hydroxylation is 1. The number of amides is 1. The Morgan fingerprint density at radius 3 is 2.34 bits per heavy atom. The minimum Gasteiger partial charge on any atom is -0.385 e. The first kappa shape index (κ1) is 23.7. The molecule has 0 radical (unpaired) electrons. The molecule has 0 atom stereocenters. The number of benzene rings is 1. The van der Waals surface area contributed by atoms with Crippen LogP contribution in [-0.4, -0.2) is 33.2 Å². The molecule has 0 fully saturated rings. The van der Waals surface area contributed by atoms with Gasteiger partial charge in [-0.2, -0.15) is 26.3 Å². The van der Waals surface area contributed by atoms with Gasteiger partial charge in [-0.3, -0.25) is 4.79 Å². The van der Waals surface area contributed by atoms with Crippen molar-refractivity contribution in [3.63, 3.8) is 0 Å². The Balaban J connectivity index is 2.09. The van der Waals surface area contributed by atoms with Crippen LogP contribution in [0, 0.1) is 0 Å². The van der Waals surface area contributed by atoms with Crippen LogP contribution >= 0.6 is 11.8 Å². The molecule has 0 aliphatic rings. The van der Waals surface area contributed by atoms with Crippen molar-refractivity contribution in [1.82, 2.24) is 14.5 Å². The van der Waals surface area contributed by atoms with Crippen LogP contribution in [0.1, 0.15) is 28.8 Å². The molecule has 1 aromatic carbocycles. The second-order valence-corrected chi connectivity index (χ2v) is 7.89. The van der Waals surface area contributed by atoms with Crippen molar-refractivity contribution in [2.45, 2.75) is 24.2 Å². The number of fused-ring (bicyclic) bond motifs is 1. The second-order valence-electron chi connectivity index (χ2n) is 6.58. The van der Waals surface area contributed by atoms with Crippen molar-refractivity contribution >= 4 is 40.1 Å². The predicted octanol–water partition coefficient (Wildman–Crippen LogP) is 5.41. The highest BCUT2D eigenvalue weighted by atomic mass is 32.2. The number of pyridine rings is 1. The number of hydrogen-bond donors (Lipinski definition) is 2. The van der Waals surface area contributed by atoms with E-state index in [1.165, 1.54) is 38.0 Å². The van der Waals surface area contributed by atoms with Crippen LogP contribution in [0.15, 0.2) is 29.3 Å². The number of thioether (sulfide) groups is 1. The molecule has 0 unspecified atom stereocenters. The highest BCUT2D eigenvalue weighted by molar-refractivity contribution is 7.99. The summed E-state index contributed by atoms with van der Waals surface area (Å²) in [5.74, 6) is -1.41. The van der Waals surface area contributed by atoms with Gasteiger partial charge in [0.1, 0.15) is 5.69 Å². The van der Waals surface area contributed by atoms with Crippen LogP contribution in [0.25, 0.3) is 11.0 Å². The Morgan fingerprint density at radius 1 is 1.09 bits per heavy atom. The van der Waals surface area contributed by atoms with Gasteiger partial charge < -0.3 is 15.2 Å². The van der Waals surface area contributed by atoms with Gasteiger partial charge in [-0.05, 0) is 24.0 Å². The number of anilines is 2. The van der Waals surface area contributed by atoms with Crippen molar-refractivity contribution in [1.29, 1.82) is 0 Å². The minimum atomic E-state index is -4.73. The van der Waals surface area contributed by atoms with E-state index in [4.69, 9.17) is 0 Å². The lowest BCUT2D eigenvalue weighted by Gasteiger charge is -2.15. The number of hydrogen-bond acceptors (Lipinski definition) is 5. The second kappa shape index (κ2) is 8.52. The molecular weight excluding hydrogens is 460 g/mol. The molecule has 3 rings (SSSR count). The average Bonchev–Trinajstić information content (AvgIpc) is 3.03. The number of imidazole rings is 1. The Labute approximate surface area is 182 Å². The lowest BCUT2D eigenvalue weighted by atomic mass is 10.1. The normalized spacial score (nSPS) is 12.3. The predicted molar refractivity (Wildman–Crippen MR) is 109 cm³/mol. The zero-order valence-corrected chi connectivity index (χ0v) is 17.8. The Kier molecular flexibility index (Phi) is 6.31.